The molecule has 2 aromatic heterocycles. The minimum Gasteiger partial charge on any atom is -0.308 e. The molecule has 2 heterocycles. The van der Waals surface area contributed by atoms with Gasteiger partial charge in [-0.1, -0.05) is 72.3 Å². The van der Waals surface area contributed by atoms with Gasteiger partial charge in [-0.2, -0.15) is 0 Å². The first-order valence-corrected chi connectivity index (χ1v) is 12.0. The molecule has 0 saturated heterocycles. The van der Waals surface area contributed by atoms with Crippen molar-refractivity contribution in [3.63, 3.8) is 0 Å². The van der Waals surface area contributed by atoms with Gasteiger partial charge in [0.05, 0.1) is 16.6 Å². The van der Waals surface area contributed by atoms with E-state index in [-0.39, 0.29) is 0 Å². The first kappa shape index (κ1) is 19.4. The number of aryl methyl sites for hydroxylation is 3. The van der Waals surface area contributed by atoms with Gasteiger partial charge in [0.25, 0.3) is 0 Å². The van der Waals surface area contributed by atoms with Crippen molar-refractivity contribution in [1.29, 1.82) is 0 Å². The van der Waals surface area contributed by atoms with Crippen LogP contribution in [-0.2, 0) is 0 Å². The maximum Gasteiger partial charge on any atom is 0.0620 e. The van der Waals surface area contributed by atoms with Crippen molar-refractivity contribution in [3.8, 4) is 0 Å². The largest absolute Gasteiger partial charge is 0.308 e. The first-order valence-electron chi connectivity index (χ1n) is 12.0. The Morgan fingerprint density at radius 1 is 0.441 bits per heavy atom. The second-order valence-corrected chi connectivity index (χ2v) is 9.62. The van der Waals surface area contributed by atoms with E-state index in [9.17, 15) is 0 Å². The van der Waals surface area contributed by atoms with Gasteiger partial charge in [0.15, 0.2) is 0 Å². The molecule has 0 aliphatic carbocycles. The summed E-state index contributed by atoms with van der Waals surface area (Å²) < 4.78 is 2.51. The Hall–Kier alpha value is -4.10. The fourth-order valence-electron chi connectivity index (χ4n) is 5.94. The minimum atomic E-state index is 1.24. The number of benzene rings is 5. The zero-order valence-corrected chi connectivity index (χ0v) is 19.7. The number of aromatic nitrogens is 1. The molecule has 0 saturated carbocycles. The van der Waals surface area contributed by atoms with E-state index in [0.717, 1.165) is 0 Å². The van der Waals surface area contributed by atoms with E-state index < -0.39 is 0 Å². The summed E-state index contributed by atoms with van der Waals surface area (Å²) >= 11 is 0. The van der Waals surface area contributed by atoms with E-state index in [2.05, 4.69) is 122 Å². The SMILES string of the molecule is Cc1ccc2c(c1)c1cc(C)cc3c4ccccc4c4ccccc4c4c(C)cccc4n2c31. The summed E-state index contributed by atoms with van der Waals surface area (Å²) in [6, 6.07) is 36.1. The third kappa shape index (κ3) is 2.55. The van der Waals surface area contributed by atoms with Gasteiger partial charge in [-0.05, 0) is 83.8 Å². The molecule has 0 spiro atoms. The average molecular weight is 436 g/mol. The third-order valence-corrected chi connectivity index (χ3v) is 7.36. The van der Waals surface area contributed by atoms with Crippen LogP contribution in [0, 0.1) is 20.8 Å². The van der Waals surface area contributed by atoms with E-state index in [4.69, 9.17) is 0 Å². The summed E-state index contributed by atoms with van der Waals surface area (Å²) in [5.74, 6) is 0. The Labute approximate surface area is 198 Å². The van der Waals surface area contributed by atoms with Crippen molar-refractivity contribution in [3.05, 3.63) is 114 Å². The number of nitrogens with zero attached hydrogens (tertiary/aromatic N) is 1. The van der Waals surface area contributed by atoms with Crippen LogP contribution in [0.2, 0.25) is 0 Å². The fourth-order valence-corrected chi connectivity index (χ4v) is 5.94. The van der Waals surface area contributed by atoms with Crippen LogP contribution in [0.15, 0.2) is 97.1 Å². The van der Waals surface area contributed by atoms with E-state index >= 15 is 0 Å². The van der Waals surface area contributed by atoms with Crippen LogP contribution < -0.4 is 0 Å². The Balaban J connectivity index is 2.04. The van der Waals surface area contributed by atoms with Crippen LogP contribution in [0.5, 0.6) is 0 Å². The molecule has 162 valence electrons. The molecule has 0 radical (unpaired) electrons. The minimum absolute atomic E-state index is 1.24. The molecule has 7 aromatic rings. The van der Waals surface area contributed by atoms with Gasteiger partial charge in [-0.25, -0.2) is 0 Å². The van der Waals surface area contributed by atoms with Crippen molar-refractivity contribution in [1.82, 2.24) is 4.40 Å². The highest BCUT2D eigenvalue weighted by Crippen LogP contribution is 2.39. The summed E-state index contributed by atoms with van der Waals surface area (Å²) in [4.78, 5) is 0. The smallest absolute Gasteiger partial charge is 0.0620 e. The van der Waals surface area contributed by atoms with Crippen molar-refractivity contribution in [2.24, 2.45) is 0 Å². The lowest BCUT2D eigenvalue weighted by Gasteiger charge is -2.07. The maximum atomic E-state index is 2.51. The normalized spacial score (nSPS) is 12.0. The molecular weight excluding hydrogens is 410 g/mol. The molecule has 34 heavy (non-hydrogen) atoms. The summed E-state index contributed by atoms with van der Waals surface area (Å²) in [6.07, 6.45) is 0. The third-order valence-electron chi connectivity index (χ3n) is 7.36. The molecule has 0 fully saturated rings. The Bertz CT molecular complexity index is 1990. The second kappa shape index (κ2) is 6.95. The van der Waals surface area contributed by atoms with Gasteiger partial charge in [0.1, 0.15) is 0 Å². The van der Waals surface area contributed by atoms with Crippen molar-refractivity contribution < 1.29 is 0 Å². The quantitative estimate of drug-likeness (QED) is 0.224. The number of hydrogen-bond donors (Lipinski definition) is 0. The molecule has 0 atom stereocenters. The van der Waals surface area contributed by atoms with E-state index in [1.54, 1.807) is 0 Å². The molecule has 0 unspecified atom stereocenters. The molecule has 0 N–H and O–H groups in total. The Morgan fingerprint density at radius 3 is 1.76 bits per heavy atom. The molecule has 7 rings (SSSR count). The zero-order chi connectivity index (χ0) is 23.0. The molecule has 1 heteroatoms. The van der Waals surface area contributed by atoms with Crippen molar-refractivity contribution >= 4 is 59.6 Å². The molecule has 0 bridgehead atoms. The molecular formula is C33H25N. The van der Waals surface area contributed by atoms with Crippen molar-refractivity contribution in [2.45, 2.75) is 20.8 Å². The van der Waals surface area contributed by atoms with Gasteiger partial charge in [0.2, 0.25) is 0 Å². The molecule has 0 aliphatic heterocycles. The predicted molar refractivity (Wildman–Crippen MR) is 148 cm³/mol. The van der Waals surface area contributed by atoms with Crippen LogP contribution in [0.25, 0.3) is 59.6 Å². The van der Waals surface area contributed by atoms with E-state index in [1.807, 2.05) is 0 Å². The summed E-state index contributed by atoms with van der Waals surface area (Å²) in [5.41, 5.74) is 7.66. The van der Waals surface area contributed by atoms with Gasteiger partial charge in [-0.3, -0.25) is 0 Å². The lowest BCUT2D eigenvalue weighted by Crippen LogP contribution is -1.88. The Kier molecular flexibility index (Phi) is 3.96. The van der Waals surface area contributed by atoms with Crippen molar-refractivity contribution in [2.75, 3.05) is 0 Å². The lowest BCUT2D eigenvalue weighted by atomic mass is 9.98. The van der Waals surface area contributed by atoms with Crippen LogP contribution in [-0.4, -0.2) is 4.40 Å². The molecule has 1 nitrogen and oxygen atoms in total. The van der Waals surface area contributed by atoms with Gasteiger partial charge in [0, 0.05) is 21.5 Å². The summed E-state index contributed by atoms with van der Waals surface area (Å²) in [7, 11) is 0. The fraction of sp³-hybridized carbons (Fsp3) is 0.0909. The topological polar surface area (TPSA) is 4.41 Å². The van der Waals surface area contributed by atoms with Gasteiger partial charge < -0.3 is 4.40 Å². The van der Waals surface area contributed by atoms with E-state index in [1.165, 1.54) is 76.3 Å². The Morgan fingerprint density at radius 2 is 1.03 bits per heavy atom. The van der Waals surface area contributed by atoms with Crippen LogP contribution in [0.3, 0.4) is 0 Å². The average Bonchev–Trinajstić information content (AvgIpc) is 3.18. The lowest BCUT2D eigenvalue weighted by molar-refractivity contribution is 1.34. The first-order chi connectivity index (χ1) is 16.6. The highest BCUT2D eigenvalue weighted by Gasteiger charge is 2.16. The zero-order valence-electron chi connectivity index (χ0n) is 19.7. The van der Waals surface area contributed by atoms with E-state index in [0.29, 0.717) is 0 Å². The molecule has 0 aliphatic rings. The van der Waals surface area contributed by atoms with Crippen LogP contribution in [0.1, 0.15) is 16.7 Å². The standard InChI is InChI=1S/C33H25N/c1-20-15-16-30-27(17-20)29-19-21(2)18-28-25-12-5-4-10-23(25)24-11-6-7-13-26(24)32-22(3)9-8-14-31(32)34(30)33(28)29/h4-19H,1-3H3. The maximum absolute atomic E-state index is 2.51. The number of fused-ring (bicyclic) bond motifs is 10. The summed E-state index contributed by atoms with van der Waals surface area (Å²) in [6.45, 7) is 6.64. The highest BCUT2D eigenvalue weighted by atomic mass is 14.9. The number of hydrogen-bond acceptors (Lipinski definition) is 0. The van der Waals surface area contributed by atoms with Gasteiger partial charge in [-0.15, -0.1) is 0 Å². The van der Waals surface area contributed by atoms with Crippen LogP contribution in [0.4, 0.5) is 0 Å². The predicted octanol–water partition coefficient (Wildman–Crippen LogP) is 9.19. The molecule has 0 amide bonds. The van der Waals surface area contributed by atoms with Gasteiger partial charge >= 0.3 is 0 Å². The number of rotatable bonds is 0. The molecule has 5 aromatic carbocycles. The van der Waals surface area contributed by atoms with Crippen LogP contribution >= 0.6 is 0 Å². The summed E-state index contributed by atoms with van der Waals surface area (Å²) in [5, 5.41) is 10.4. The highest BCUT2D eigenvalue weighted by molar-refractivity contribution is 6.25. The monoisotopic (exact) mass is 435 g/mol. The second-order valence-electron chi connectivity index (χ2n) is 9.62.